The van der Waals surface area contributed by atoms with Gasteiger partial charge in [0.15, 0.2) is 12.2 Å². The minimum atomic E-state index is -1.01. The molecule has 2 aromatic rings. The number of ether oxygens (including phenoxy) is 2. The minimum Gasteiger partial charge on any atom is -0.465 e. The van der Waals surface area contributed by atoms with Gasteiger partial charge in [-0.15, -0.1) is 26.3 Å². The van der Waals surface area contributed by atoms with Gasteiger partial charge in [0, 0.05) is 10.8 Å². The van der Waals surface area contributed by atoms with Crippen molar-refractivity contribution < 1.29 is 33.3 Å². The summed E-state index contributed by atoms with van der Waals surface area (Å²) in [5.74, 6) is 0.685. The van der Waals surface area contributed by atoms with Crippen LogP contribution in [0.25, 0.3) is 0 Å². The first-order valence-corrected chi connectivity index (χ1v) is 11.0. The second-order valence-electron chi connectivity index (χ2n) is 8.29. The number of hydrogen-bond acceptors (Lipinski definition) is 7. The molecule has 2 aromatic heterocycles. The van der Waals surface area contributed by atoms with Crippen molar-refractivity contribution in [1.82, 2.24) is 0 Å². The molecule has 34 heavy (non-hydrogen) atoms. The van der Waals surface area contributed by atoms with E-state index in [0.717, 1.165) is 0 Å². The minimum absolute atomic E-state index is 0.321. The molecule has 0 bridgehead atoms. The van der Waals surface area contributed by atoms with Crippen molar-refractivity contribution >= 4 is 6.16 Å². The van der Waals surface area contributed by atoms with Crippen molar-refractivity contribution in [2.45, 2.75) is 37.9 Å². The predicted molar refractivity (Wildman–Crippen MR) is 129 cm³/mol. The van der Waals surface area contributed by atoms with Gasteiger partial charge in [-0.25, -0.2) is 4.79 Å². The summed E-state index contributed by atoms with van der Waals surface area (Å²) in [6.45, 7) is 14.5. The average Bonchev–Trinajstić information content (AvgIpc) is 3.55. The molecule has 2 atom stereocenters. The summed E-state index contributed by atoms with van der Waals surface area (Å²) in [7, 11) is 0. The fourth-order valence-corrected chi connectivity index (χ4v) is 4.24. The molecular formula is C27H34O7. The smallest absolute Gasteiger partial charge is 0.465 e. The van der Waals surface area contributed by atoms with Crippen LogP contribution < -0.4 is 0 Å². The first-order valence-electron chi connectivity index (χ1n) is 11.0. The summed E-state index contributed by atoms with van der Waals surface area (Å²) < 4.78 is 22.7. The van der Waals surface area contributed by atoms with Crippen LogP contribution in [0.4, 0.5) is 4.79 Å². The van der Waals surface area contributed by atoms with E-state index in [-0.39, 0.29) is 13.2 Å². The summed E-state index contributed by atoms with van der Waals surface area (Å²) in [6, 6.07) is 6.65. The Morgan fingerprint density at radius 1 is 0.794 bits per heavy atom. The van der Waals surface area contributed by atoms with Gasteiger partial charge in [-0.3, -0.25) is 0 Å². The molecule has 2 heterocycles. The number of furan rings is 2. The average molecular weight is 471 g/mol. The third-order valence-electron chi connectivity index (χ3n) is 5.98. The molecule has 184 valence electrons. The summed E-state index contributed by atoms with van der Waals surface area (Å²) in [5, 5.41) is 20.6. The van der Waals surface area contributed by atoms with Crippen LogP contribution in [0.15, 0.2) is 96.2 Å². The third kappa shape index (κ3) is 5.98. The Labute approximate surface area is 200 Å². The highest BCUT2D eigenvalue weighted by atomic mass is 16.7. The number of allylic oxidation sites excluding steroid dienone is 4. The Morgan fingerprint density at radius 3 is 1.38 bits per heavy atom. The summed E-state index contributed by atoms with van der Waals surface area (Å²) in [4.78, 5) is 13.2. The molecule has 0 aliphatic rings. The predicted octanol–water partition coefficient (Wildman–Crippen LogP) is 6.07. The van der Waals surface area contributed by atoms with Crippen LogP contribution in [0, 0.1) is 10.8 Å². The van der Waals surface area contributed by atoms with E-state index in [4.69, 9.17) is 18.3 Å². The Bertz CT molecular complexity index is 817. The normalized spacial score (nSPS) is 13.5. The maximum Gasteiger partial charge on any atom is 0.509 e. The van der Waals surface area contributed by atoms with Gasteiger partial charge in [-0.05, 0) is 49.9 Å². The molecule has 0 aromatic carbocycles. The SMILES string of the molecule is C=CCC(CO)(CC=C)C(OC(=O)OC(c1ccco1)C(CO)(CC=C)CC=C)c1ccco1. The van der Waals surface area contributed by atoms with Gasteiger partial charge in [0.1, 0.15) is 11.5 Å². The van der Waals surface area contributed by atoms with Crippen LogP contribution in [0.3, 0.4) is 0 Å². The van der Waals surface area contributed by atoms with Crippen LogP contribution in [-0.2, 0) is 9.47 Å². The van der Waals surface area contributed by atoms with Gasteiger partial charge in [0.25, 0.3) is 0 Å². The van der Waals surface area contributed by atoms with Crippen molar-refractivity contribution in [3.63, 3.8) is 0 Å². The molecule has 7 nitrogen and oxygen atoms in total. The first-order chi connectivity index (χ1) is 16.5. The van der Waals surface area contributed by atoms with Crippen LogP contribution in [-0.4, -0.2) is 29.6 Å². The Morgan fingerprint density at radius 2 is 1.15 bits per heavy atom. The molecule has 0 saturated heterocycles. The van der Waals surface area contributed by atoms with Crippen LogP contribution in [0.1, 0.15) is 49.4 Å². The maximum atomic E-state index is 13.2. The van der Waals surface area contributed by atoms with E-state index < -0.39 is 29.2 Å². The molecular weight excluding hydrogens is 436 g/mol. The van der Waals surface area contributed by atoms with Crippen LogP contribution >= 0.6 is 0 Å². The summed E-state index contributed by atoms with van der Waals surface area (Å²) in [5.41, 5.74) is -1.92. The number of aliphatic hydroxyl groups excluding tert-OH is 2. The van der Waals surface area contributed by atoms with E-state index in [9.17, 15) is 15.0 Å². The zero-order valence-electron chi connectivity index (χ0n) is 19.4. The highest BCUT2D eigenvalue weighted by molar-refractivity contribution is 5.61. The van der Waals surface area contributed by atoms with Gasteiger partial charge in [0.05, 0.1) is 25.7 Å². The van der Waals surface area contributed by atoms with Crippen molar-refractivity contribution in [3.8, 4) is 0 Å². The third-order valence-corrected chi connectivity index (χ3v) is 5.98. The van der Waals surface area contributed by atoms with Crippen molar-refractivity contribution in [3.05, 3.63) is 98.9 Å². The quantitative estimate of drug-likeness (QED) is 0.227. The van der Waals surface area contributed by atoms with Gasteiger partial charge >= 0.3 is 6.16 Å². The van der Waals surface area contributed by atoms with Gasteiger partial charge in [-0.2, -0.15) is 0 Å². The Kier molecular flexibility index (Phi) is 10.2. The molecule has 0 aliphatic heterocycles. The largest absolute Gasteiger partial charge is 0.509 e. The lowest BCUT2D eigenvalue weighted by molar-refractivity contribution is -0.103. The molecule has 0 radical (unpaired) electrons. The molecule has 0 aliphatic carbocycles. The maximum absolute atomic E-state index is 13.2. The number of rotatable bonds is 16. The molecule has 0 saturated carbocycles. The van der Waals surface area contributed by atoms with E-state index >= 15 is 0 Å². The molecule has 2 N–H and O–H groups in total. The molecule has 2 rings (SSSR count). The second kappa shape index (κ2) is 12.8. The van der Waals surface area contributed by atoms with Crippen LogP contribution in [0.5, 0.6) is 0 Å². The second-order valence-corrected chi connectivity index (χ2v) is 8.29. The van der Waals surface area contributed by atoms with E-state index in [1.54, 1.807) is 48.6 Å². The van der Waals surface area contributed by atoms with Gasteiger partial charge in [0.2, 0.25) is 0 Å². The van der Waals surface area contributed by atoms with Gasteiger partial charge < -0.3 is 28.5 Å². The first kappa shape index (κ1) is 27.0. The monoisotopic (exact) mass is 470 g/mol. The van der Waals surface area contributed by atoms with E-state index in [0.29, 0.717) is 37.2 Å². The zero-order chi connectivity index (χ0) is 25.0. The van der Waals surface area contributed by atoms with E-state index in [2.05, 4.69) is 26.3 Å². The molecule has 0 amide bonds. The van der Waals surface area contributed by atoms with Crippen molar-refractivity contribution in [2.75, 3.05) is 13.2 Å². The fourth-order valence-electron chi connectivity index (χ4n) is 4.24. The van der Waals surface area contributed by atoms with Crippen molar-refractivity contribution in [2.24, 2.45) is 10.8 Å². The summed E-state index contributed by atoms with van der Waals surface area (Å²) in [6.07, 6.45) is 7.77. The zero-order valence-corrected chi connectivity index (χ0v) is 19.4. The van der Waals surface area contributed by atoms with E-state index in [1.165, 1.54) is 12.5 Å². The number of aliphatic hydroxyl groups is 2. The number of carbonyl (C=O) groups excluding carboxylic acids is 1. The fraction of sp³-hybridized carbons (Fsp3) is 0.370. The lowest BCUT2D eigenvalue weighted by Crippen LogP contribution is -2.38. The number of hydrogen-bond donors (Lipinski definition) is 2. The topological polar surface area (TPSA) is 102 Å². The highest BCUT2D eigenvalue weighted by Crippen LogP contribution is 2.46. The molecule has 0 spiro atoms. The number of carbonyl (C=O) groups is 1. The molecule has 2 unspecified atom stereocenters. The van der Waals surface area contributed by atoms with Crippen LogP contribution in [0.2, 0.25) is 0 Å². The van der Waals surface area contributed by atoms with E-state index in [1.807, 2.05) is 0 Å². The highest BCUT2D eigenvalue weighted by Gasteiger charge is 2.46. The standard InChI is InChI=1S/C27H34O7/c1-5-13-26(19-28,14-6-2)23(21-11-9-17-31-21)33-25(30)34-24(22-12-10-18-32-22)27(20-29,15-7-3)16-8-4/h5-12,17-18,23-24,28-29H,1-4,13-16,19-20H2. The van der Waals surface area contributed by atoms with Crippen molar-refractivity contribution in [1.29, 1.82) is 0 Å². The van der Waals surface area contributed by atoms with Gasteiger partial charge in [-0.1, -0.05) is 24.3 Å². The molecule has 7 heteroatoms. The molecule has 0 fully saturated rings. The Hall–Kier alpha value is -3.29. The summed E-state index contributed by atoms with van der Waals surface area (Å²) >= 11 is 0. The Balaban J connectivity index is 2.44. The lowest BCUT2D eigenvalue weighted by Gasteiger charge is -2.38. The lowest BCUT2D eigenvalue weighted by atomic mass is 9.75.